The van der Waals surface area contributed by atoms with E-state index in [1.165, 1.54) is 24.7 Å². The molecule has 0 saturated carbocycles. The number of hydrogen-bond donors (Lipinski definition) is 2. The molecular formula is C14H17FN4O. The van der Waals surface area contributed by atoms with Crippen molar-refractivity contribution in [2.45, 2.75) is 13.0 Å². The second-order valence-electron chi connectivity index (χ2n) is 4.53. The van der Waals surface area contributed by atoms with Crippen molar-refractivity contribution in [2.24, 2.45) is 0 Å². The van der Waals surface area contributed by atoms with E-state index in [-0.39, 0.29) is 17.8 Å². The molecule has 0 saturated heterocycles. The first-order valence-electron chi connectivity index (χ1n) is 6.35. The van der Waals surface area contributed by atoms with Gasteiger partial charge in [-0.3, -0.25) is 9.36 Å². The normalized spacial score (nSPS) is 12.2. The predicted octanol–water partition coefficient (Wildman–Crippen LogP) is 1.35. The molecule has 0 bridgehead atoms. The molecule has 106 valence electrons. The quantitative estimate of drug-likeness (QED) is 0.866. The summed E-state index contributed by atoms with van der Waals surface area (Å²) in [6, 6.07) is 6.08. The minimum absolute atomic E-state index is 0.182. The Morgan fingerprint density at radius 1 is 1.40 bits per heavy atom. The van der Waals surface area contributed by atoms with Crippen LogP contribution in [0.1, 0.15) is 17.4 Å². The molecule has 6 heteroatoms. The van der Waals surface area contributed by atoms with Crippen molar-refractivity contribution in [1.82, 2.24) is 20.2 Å². The Morgan fingerprint density at radius 2 is 2.10 bits per heavy atom. The van der Waals surface area contributed by atoms with Gasteiger partial charge in [0.15, 0.2) is 0 Å². The predicted molar refractivity (Wildman–Crippen MR) is 74.4 cm³/mol. The lowest BCUT2D eigenvalue weighted by atomic mass is 10.3. The number of amides is 1. The first-order valence-corrected chi connectivity index (χ1v) is 6.35. The summed E-state index contributed by atoms with van der Waals surface area (Å²) in [6.07, 6.45) is 3.02. The summed E-state index contributed by atoms with van der Waals surface area (Å²) in [5.41, 5.74) is 1.11. The van der Waals surface area contributed by atoms with E-state index in [0.717, 1.165) is 0 Å². The highest BCUT2D eigenvalue weighted by molar-refractivity contribution is 5.93. The SMILES string of the molecule is CNC(C)CNC(=O)c1cncn1-c1ccc(F)cc1. The van der Waals surface area contributed by atoms with Gasteiger partial charge in [0.1, 0.15) is 11.5 Å². The molecule has 1 unspecified atom stereocenters. The third-order valence-electron chi connectivity index (χ3n) is 3.04. The minimum Gasteiger partial charge on any atom is -0.349 e. The molecular weight excluding hydrogens is 259 g/mol. The number of rotatable bonds is 5. The summed E-state index contributed by atoms with van der Waals surface area (Å²) in [6.45, 7) is 2.49. The standard InChI is InChI=1S/C14H17FN4O/c1-10(16-2)7-18-14(20)13-8-17-9-19(13)12-5-3-11(15)4-6-12/h3-6,8-10,16H,7H2,1-2H3,(H,18,20). The topological polar surface area (TPSA) is 58.9 Å². The van der Waals surface area contributed by atoms with Gasteiger partial charge in [0.2, 0.25) is 0 Å². The molecule has 0 aliphatic heterocycles. The number of aromatic nitrogens is 2. The summed E-state index contributed by atoms with van der Waals surface area (Å²) in [7, 11) is 1.83. The van der Waals surface area contributed by atoms with E-state index in [2.05, 4.69) is 15.6 Å². The van der Waals surface area contributed by atoms with Gasteiger partial charge in [0.05, 0.1) is 12.5 Å². The van der Waals surface area contributed by atoms with Crippen LogP contribution >= 0.6 is 0 Å². The van der Waals surface area contributed by atoms with Gasteiger partial charge in [-0.25, -0.2) is 9.37 Å². The van der Waals surface area contributed by atoms with Crippen LogP contribution < -0.4 is 10.6 Å². The van der Waals surface area contributed by atoms with Crippen LogP contribution in [0.4, 0.5) is 4.39 Å². The molecule has 0 fully saturated rings. The summed E-state index contributed by atoms with van der Waals surface area (Å²) in [5.74, 6) is -0.531. The maximum atomic E-state index is 12.9. The zero-order chi connectivity index (χ0) is 14.5. The van der Waals surface area contributed by atoms with Crippen LogP contribution in [0, 0.1) is 5.82 Å². The Bertz CT molecular complexity index is 579. The smallest absolute Gasteiger partial charge is 0.269 e. The molecule has 1 atom stereocenters. The maximum absolute atomic E-state index is 12.9. The van der Waals surface area contributed by atoms with Crippen molar-refractivity contribution in [3.05, 3.63) is 48.3 Å². The Labute approximate surface area is 116 Å². The Morgan fingerprint density at radius 3 is 2.75 bits per heavy atom. The molecule has 1 amide bonds. The summed E-state index contributed by atoms with van der Waals surface area (Å²) >= 11 is 0. The van der Waals surface area contributed by atoms with Gasteiger partial charge in [-0.2, -0.15) is 0 Å². The second kappa shape index (κ2) is 6.29. The van der Waals surface area contributed by atoms with Crippen molar-refractivity contribution < 1.29 is 9.18 Å². The van der Waals surface area contributed by atoms with Gasteiger partial charge >= 0.3 is 0 Å². The zero-order valence-corrected chi connectivity index (χ0v) is 11.4. The van der Waals surface area contributed by atoms with E-state index in [1.54, 1.807) is 16.7 Å². The van der Waals surface area contributed by atoms with E-state index in [4.69, 9.17) is 0 Å². The van der Waals surface area contributed by atoms with Gasteiger partial charge in [-0.05, 0) is 38.2 Å². The molecule has 0 radical (unpaired) electrons. The fourth-order valence-corrected chi connectivity index (χ4v) is 1.71. The summed E-state index contributed by atoms with van der Waals surface area (Å²) < 4.78 is 14.5. The average Bonchev–Trinajstić information content (AvgIpc) is 2.94. The largest absolute Gasteiger partial charge is 0.349 e. The van der Waals surface area contributed by atoms with Crippen LogP contribution in [0.2, 0.25) is 0 Å². The number of nitrogens with one attached hydrogen (secondary N) is 2. The number of halogens is 1. The highest BCUT2D eigenvalue weighted by Gasteiger charge is 2.13. The lowest BCUT2D eigenvalue weighted by molar-refractivity contribution is 0.0943. The minimum atomic E-state index is -0.317. The average molecular weight is 276 g/mol. The Hall–Kier alpha value is -2.21. The van der Waals surface area contributed by atoms with Crippen LogP contribution in [-0.4, -0.2) is 35.1 Å². The fraction of sp³-hybridized carbons (Fsp3) is 0.286. The maximum Gasteiger partial charge on any atom is 0.269 e. The lowest BCUT2D eigenvalue weighted by Crippen LogP contribution is -2.37. The number of imidazole rings is 1. The molecule has 0 aliphatic rings. The van der Waals surface area contributed by atoms with Crippen molar-refractivity contribution >= 4 is 5.91 Å². The number of hydrogen-bond acceptors (Lipinski definition) is 3. The zero-order valence-electron chi connectivity index (χ0n) is 11.4. The van der Waals surface area contributed by atoms with E-state index >= 15 is 0 Å². The third kappa shape index (κ3) is 3.21. The highest BCUT2D eigenvalue weighted by Crippen LogP contribution is 2.12. The van der Waals surface area contributed by atoms with Gasteiger partial charge < -0.3 is 10.6 Å². The summed E-state index contributed by atoms with van der Waals surface area (Å²) in [5, 5.41) is 5.86. The van der Waals surface area contributed by atoms with E-state index in [0.29, 0.717) is 17.9 Å². The van der Waals surface area contributed by atoms with E-state index < -0.39 is 0 Å². The van der Waals surface area contributed by atoms with Crippen LogP contribution in [0.15, 0.2) is 36.8 Å². The van der Waals surface area contributed by atoms with Gasteiger partial charge in [-0.1, -0.05) is 0 Å². The molecule has 0 spiro atoms. The molecule has 5 nitrogen and oxygen atoms in total. The Kier molecular flexibility index (Phi) is 4.47. The molecule has 2 N–H and O–H groups in total. The van der Waals surface area contributed by atoms with Gasteiger partial charge in [0.25, 0.3) is 5.91 Å². The van der Waals surface area contributed by atoms with E-state index in [9.17, 15) is 9.18 Å². The third-order valence-corrected chi connectivity index (χ3v) is 3.04. The van der Waals surface area contributed by atoms with Crippen molar-refractivity contribution in [3.8, 4) is 5.69 Å². The molecule has 1 heterocycles. The summed E-state index contributed by atoms with van der Waals surface area (Å²) in [4.78, 5) is 16.1. The number of likely N-dealkylation sites (N-methyl/N-ethyl adjacent to an activating group) is 1. The van der Waals surface area contributed by atoms with E-state index in [1.807, 2.05) is 14.0 Å². The Balaban J connectivity index is 2.16. The number of benzene rings is 1. The molecule has 1 aromatic carbocycles. The van der Waals surface area contributed by atoms with Crippen LogP contribution in [0.5, 0.6) is 0 Å². The molecule has 0 aliphatic carbocycles. The second-order valence-corrected chi connectivity index (χ2v) is 4.53. The van der Waals surface area contributed by atoms with Gasteiger partial charge in [0, 0.05) is 18.3 Å². The van der Waals surface area contributed by atoms with Crippen molar-refractivity contribution in [2.75, 3.05) is 13.6 Å². The number of carbonyl (C=O) groups is 1. The fourth-order valence-electron chi connectivity index (χ4n) is 1.71. The highest BCUT2D eigenvalue weighted by atomic mass is 19.1. The van der Waals surface area contributed by atoms with Crippen molar-refractivity contribution in [1.29, 1.82) is 0 Å². The number of carbonyl (C=O) groups excluding carboxylic acids is 1. The van der Waals surface area contributed by atoms with Crippen LogP contribution in [0.25, 0.3) is 5.69 Å². The lowest BCUT2D eigenvalue weighted by Gasteiger charge is -2.12. The van der Waals surface area contributed by atoms with Crippen molar-refractivity contribution in [3.63, 3.8) is 0 Å². The van der Waals surface area contributed by atoms with Gasteiger partial charge in [-0.15, -0.1) is 0 Å². The first kappa shape index (κ1) is 14.2. The molecule has 2 rings (SSSR count). The molecule has 2 aromatic rings. The molecule has 1 aromatic heterocycles. The molecule has 20 heavy (non-hydrogen) atoms. The monoisotopic (exact) mass is 276 g/mol. The van der Waals surface area contributed by atoms with Crippen LogP contribution in [-0.2, 0) is 0 Å². The van der Waals surface area contributed by atoms with Crippen LogP contribution in [0.3, 0.4) is 0 Å². The first-order chi connectivity index (χ1) is 9.61. The number of nitrogens with zero attached hydrogens (tertiary/aromatic N) is 2.